The standard InChI is InChI=1S/C22H20ClFO6/c23-19-12-15(24)11-18(21(19)26)20(25)6-3-13-1-4-16(5-2-13)29-7-8-30-17-9-14(10-17)22(27)28/h1-6,11-12,14,17,26H,7-10H2,(H,27,28)/b6-3+. The third-order valence-corrected chi connectivity index (χ3v) is 5.04. The summed E-state index contributed by atoms with van der Waals surface area (Å²) in [5.41, 5.74) is 0.500. The molecule has 2 N–H and O–H groups in total. The van der Waals surface area contributed by atoms with Crippen molar-refractivity contribution in [3.63, 3.8) is 0 Å². The number of hydrogen-bond donors (Lipinski definition) is 2. The summed E-state index contributed by atoms with van der Waals surface area (Å²) in [6, 6.07) is 8.79. The van der Waals surface area contributed by atoms with Crippen LogP contribution in [-0.4, -0.2) is 41.3 Å². The minimum atomic E-state index is -0.779. The van der Waals surface area contributed by atoms with Gasteiger partial charge in [0.15, 0.2) is 5.78 Å². The van der Waals surface area contributed by atoms with Gasteiger partial charge < -0.3 is 19.7 Å². The van der Waals surface area contributed by atoms with E-state index in [0.29, 0.717) is 37.4 Å². The number of ketones is 1. The molecule has 158 valence electrons. The highest BCUT2D eigenvalue weighted by atomic mass is 35.5. The molecule has 0 heterocycles. The number of rotatable bonds is 9. The van der Waals surface area contributed by atoms with Crippen molar-refractivity contribution in [1.29, 1.82) is 0 Å². The van der Waals surface area contributed by atoms with Crippen molar-refractivity contribution in [2.75, 3.05) is 13.2 Å². The van der Waals surface area contributed by atoms with E-state index >= 15 is 0 Å². The van der Waals surface area contributed by atoms with Crippen molar-refractivity contribution < 1.29 is 33.7 Å². The van der Waals surface area contributed by atoms with Gasteiger partial charge in [0, 0.05) is 0 Å². The molecule has 2 aromatic carbocycles. The van der Waals surface area contributed by atoms with Gasteiger partial charge in [-0.05, 0) is 48.7 Å². The Balaban J connectivity index is 1.45. The molecule has 1 aliphatic carbocycles. The van der Waals surface area contributed by atoms with E-state index in [1.807, 2.05) is 0 Å². The first-order chi connectivity index (χ1) is 14.3. The molecule has 30 heavy (non-hydrogen) atoms. The predicted octanol–water partition coefficient (Wildman–Crippen LogP) is 4.34. The zero-order valence-corrected chi connectivity index (χ0v) is 16.6. The quantitative estimate of drug-likeness (QED) is 0.346. The molecule has 0 spiro atoms. The van der Waals surface area contributed by atoms with Crippen molar-refractivity contribution >= 4 is 29.4 Å². The van der Waals surface area contributed by atoms with E-state index in [2.05, 4.69) is 0 Å². The van der Waals surface area contributed by atoms with Gasteiger partial charge in [-0.2, -0.15) is 0 Å². The van der Waals surface area contributed by atoms with Gasteiger partial charge >= 0.3 is 5.97 Å². The van der Waals surface area contributed by atoms with Gasteiger partial charge in [-0.3, -0.25) is 9.59 Å². The molecule has 8 heteroatoms. The number of carboxylic acids is 1. The van der Waals surface area contributed by atoms with Gasteiger partial charge in [0.2, 0.25) is 0 Å². The minimum Gasteiger partial charge on any atom is -0.506 e. The molecule has 0 radical (unpaired) electrons. The van der Waals surface area contributed by atoms with Crippen molar-refractivity contribution in [2.24, 2.45) is 5.92 Å². The van der Waals surface area contributed by atoms with Gasteiger partial charge in [-0.15, -0.1) is 0 Å². The highest BCUT2D eigenvalue weighted by molar-refractivity contribution is 6.32. The molecule has 0 aliphatic heterocycles. The molecule has 0 saturated heterocycles. The first kappa shape index (κ1) is 21.8. The lowest BCUT2D eigenvalue weighted by Gasteiger charge is -2.31. The van der Waals surface area contributed by atoms with Crippen molar-refractivity contribution in [3.8, 4) is 11.5 Å². The van der Waals surface area contributed by atoms with E-state index < -0.39 is 23.3 Å². The van der Waals surface area contributed by atoms with Gasteiger partial charge in [-0.25, -0.2) is 4.39 Å². The third kappa shape index (κ3) is 5.58. The number of allylic oxidation sites excluding steroid dienone is 1. The number of hydrogen-bond acceptors (Lipinski definition) is 5. The van der Waals surface area contributed by atoms with E-state index in [0.717, 1.165) is 12.1 Å². The van der Waals surface area contributed by atoms with E-state index in [-0.39, 0.29) is 22.6 Å². The number of aliphatic carboxylic acids is 1. The minimum absolute atomic E-state index is 0.0212. The van der Waals surface area contributed by atoms with Crippen LogP contribution in [0.4, 0.5) is 4.39 Å². The molecular weight excluding hydrogens is 415 g/mol. The van der Waals surface area contributed by atoms with Gasteiger partial charge in [-0.1, -0.05) is 29.8 Å². The maximum absolute atomic E-state index is 13.4. The van der Waals surface area contributed by atoms with Gasteiger partial charge in [0.05, 0.1) is 29.2 Å². The Kier molecular flexibility index (Phi) is 7.07. The van der Waals surface area contributed by atoms with Crippen LogP contribution in [0, 0.1) is 11.7 Å². The van der Waals surface area contributed by atoms with Crippen LogP contribution in [0.2, 0.25) is 5.02 Å². The summed E-state index contributed by atoms with van der Waals surface area (Å²) in [5, 5.41) is 18.4. The van der Waals surface area contributed by atoms with Crippen LogP contribution < -0.4 is 4.74 Å². The highest BCUT2D eigenvalue weighted by Gasteiger charge is 2.34. The molecule has 6 nitrogen and oxygen atoms in total. The maximum atomic E-state index is 13.4. The average Bonchev–Trinajstić information content (AvgIpc) is 2.67. The lowest BCUT2D eigenvalue weighted by molar-refractivity contribution is -0.151. The maximum Gasteiger partial charge on any atom is 0.306 e. The molecule has 2 aromatic rings. The summed E-state index contributed by atoms with van der Waals surface area (Å²) >= 11 is 5.68. The van der Waals surface area contributed by atoms with Gasteiger partial charge in [0.25, 0.3) is 0 Å². The smallest absolute Gasteiger partial charge is 0.306 e. The van der Waals surface area contributed by atoms with Crippen LogP contribution >= 0.6 is 11.6 Å². The Hall–Kier alpha value is -2.90. The molecular formula is C22H20ClFO6. The summed E-state index contributed by atoms with van der Waals surface area (Å²) in [6.45, 7) is 0.703. The number of phenols is 1. The number of benzene rings is 2. The summed E-state index contributed by atoms with van der Waals surface area (Å²) in [4.78, 5) is 22.9. The Morgan fingerprint density at radius 3 is 2.53 bits per heavy atom. The molecule has 1 aliphatic rings. The van der Waals surface area contributed by atoms with Crippen LogP contribution in [0.1, 0.15) is 28.8 Å². The molecule has 1 fully saturated rings. The fourth-order valence-corrected chi connectivity index (χ4v) is 3.17. The van der Waals surface area contributed by atoms with E-state index in [1.165, 1.54) is 12.2 Å². The lowest BCUT2D eigenvalue weighted by Crippen LogP contribution is -2.36. The van der Waals surface area contributed by atoms with E-state index in [9.17, 15) is 19.1 Å². The van der Waals surface area contributed by atoms with Gasteiger partial charge in [0.1, 0.15) is 23.9 Å². The second-order valence-electron chi connectivity index (χ2n) is 6.90. The SMILES string of the molecule is O=C(/C=C/c1ccc(OCCOC2CC(C(=O)O)C2)cc1)c1cc(F)cc(Cl)c1O. The largest absolute Gasteiger partial charge is 0.506 e. The van der Waals surface area contributed by atoms with Crippen LogP contribution in [-0.2, 0) is 9.53 Å². The Morgan fingerprint density at radius 2 is 1.87 bits per heavy atom. The Bertz CT molecular complexity index is 951. The van der Waals surface area contributed by atoms with Crippen LogP contribution in [0.15, 0.2) is 42.5 Å². The Labute approximate surface area is 177 Å². The summed E-state index contributed by atoms with van der Waals surface area (Å²) in [6.07, 6.45) is 3.80. The number of carboxylic acid groups (broad SMARTS) is 1. The molecule has 0 bridgehead atoms. The first-order valence-corrected chi connectivity index (χ1v) is 9.69. The third-order valence-electron chi connectivity index (χ3n) is 4.75. The predicted molar refractivity (Wildman–Crippen MR) is 108 cm³/mol. The van der Waals surface area contributed by atoms with Crippen molar-refractivity contribution in [3.05, 3.63) is 64.4 Å². The zero-order chi connectivity index (χ0) is 21.7. The van der Waals surface area contributed by atoms with Crippen LogP contribution in [0.5, 0.6) is 11.5 Å². The fourth-order valence-electron chi connectivity index (χ4n) is 2.97. The number of aromatic hydroxyl groups is 1. The fraction of sp³-hybridized carbons (Fsp3) is 0.273. The van der Waals surface area contributed by atoms with Crippen LogP contribution in [0.3, 0.4) is 0 Å². The Morgan fingerprint density at radius 1 is 1.17 bits per heavy atom. The molecule has 3 rings (SSSR count). The lowest BCUT2D eigenvalue weighted by atomic mass is 9.82. The number of carbonyl (C=O) groups excluding carboxylic acids is 1. The number of phenolic OH excluding ortho intramolecular Hbond substituents is 1. The molecule has 1 saturated carbocycles. The van der Waals surface area contributed by atoms with E-state index in [4.69, 9.17) is 26.2 Å². The normalized spacial score (nSPS) is 18.2. The second kappa shape index (κ2) is 9.73. The zero-order valence-electron chi connectivity index (χ0n) is 15.9. The van der Waals surface area contributed by atoms with Crippen molar-refractivity contribution in [1.82, 2.24) is 0 Å². The molecule has 0 atom stereocenters. The van der Waals surface area contributed by atoms with E-state index in [1.54, 1.807) is 24.3 Å². The monoisotopic (exact) mass is 434 g/mol. The van der Waals surface area contributed by atoms with Crippen molar-refractivity contribution in [2.45, 2.75) is 18.9 Å². The summed E-state index contributed by atoms with van der Waals surface area (Å²) in [5.74, 6) is -2.21. The second-order valence-corrected chi connectivity index (χ2v) is 7.31. The average molecular weight is 435 g/mol. The molecule has 0 amide bonds. The summed E-state index contributed by atoms with van der Waals surface area (Å²) < 4.78 is 24.5. The topological polar surface area (TPSA) is 93.1 Å². The van der Waals surface area contributed by atoms with Crippen LogP contribution in [0.25, 0.3) is 6.08 Å². The molecule has 0 aromatic heterocycles. The number of ether oxygens (including phenoxy) is 2. The first-order valence-electron chi connectivity index (χ1n) is 9.31. The highest BCUT2D eigenvalue weighted by Crippen LogP contribution is 2.30. The molecule has 0 unspecified atom stereocenters. The number of halogens is 2. The number of carbonyl (C=O) groups is 2. The summed E-state index contributed by atoms with van der Waals surface area (Å²) in [7, 11) is 0.